The number of aliphatic hydroxyl groups is 1. The molecule has 0 bridgehead atoms. The maximum atomic E-state index is 8.89. The van der Waals surface area contributed by atoms with Gasteiger partial charge in [0.2, 0.25) is 5.95 Å². The fourth-order valence-corrected chi connectivity index (χ4v) is 1.96. The highest BCUT2D eigenvalue weighted by Gasteiger charge is 2.05. The van der Waals surface area contributed by atoms with Crippen LogP contribution in [0.2, 0.25) is 0 Å². The largest absolute Gasteiger partial charge is 0.396 e. The van der Waals surface area contributed by atoms with Crippen molar-refractivity contribution in [3.63, 3.8) is 0 Å². The zero-order valence-electron chi connectivity index (χ0n) is 12.1. The van der Waals surface area contributed by atoms with Crippen LogP contribution in [0.15, 0.2) is 30.5 Å². The van der Waals surface area contributed by atoms with E-state index in [1.807, 2.05) is 56.4 Å². The summed E-state index contributed by atoms with van der Waals surface area (Å²) in [5, 5.41) is 12.1. The van der Waals surface area contributed by atoms with Crippen LogP contribution < -0.4 is 10.2 Å². The normalized spacial score (nSPS) is 10.4. The Labute approximate surface area is 119 Å². The summed E-state index contributed by atoms with van der Waals surface area (Å²) in [5.74, 6) is 1.48. The molecule has 106 valence electrons. The van der Waals surface area contributed by atoms with Crippen LogP contribution in [0.25, 0.3) is 0 Å². The number of rotatable bonds is 5. The number of benzene rings is 1. The zero-order valence-corrected chi connectivity index (χ0v) is 12.1. The smallest absolute Gasteiger partial charge is 0.229 e. The Bertz CT molecular complexity index is 567. The average molecular weight is 272 g/mol. The number of aliphatic hydroxyl groups excluding tert-OH is 1. The van der Waals surface area contributed by atoms with Crippen LogP contribution in [-0.4, -0.2) is 35.8 Å². The molecule has 0 spiro atoms. The summed E-state index contributed by atoms with van der Waals surface area (Å²) in [6, 6.07) is 7.90. The number of anilines is 3. The van der Waals surface area contributed by atoms with Gasteiger partial charge in [0.25, 0.3) is 0 Å². The third-order valence-electron chi connectivity index (χ3n) is 2.98. The number of hydrogen-bond acceptors (Lipinski definition) is 5. The SMILES string of the molecule is Cc1cnc(Nc2ccc(CCO)cc2)nc1N(C)C. The van der Waals surface area contributed by atoms with Gasteiger partial charge in [0.1, 0.15) is 5.82 Å². The second-order valence-electron chi connectivity index (χ2n) is 4.89. The van der Waals surface area contributed by atoms with Crippen molar-refractivity contribution >= 4 is 17.5 Å². The fourth-order valence-electron chi connectivity index (χ4n) is 1.96. The van der Waals surface area contributed by atoms with E-state index in [0.29, 0.717) is 12.4 Å². The van der Waals surface area contributed by atoms with Crippen LogP contribution in [0, 0.1) is 6.92 Å². The van der Waals surface area contributed by atoms with Gasteiger partial charge in [0.15, 0.2) is 0 Å². The molecule has 0 aliphatic rings. The maximum absolute atomic E-state index is 8.89. The molecule has 1 aromatic carbocycles. The van der Waals surface area contributed by atoms with E-state index in [1.165, 1.54) is 0 Å². The van der Waals surface area contributed by atoms with Crippen molar-refractivity contribution in [2.45, 2.75) is 13.3 Å². The molecule has 0 saturated heterocycles. The Kier molecular flexibility index (Phi) is 4.53. The molecule has 0 aliphatic carbocycles. The molecule has 5 nitrogen and oxygen atoms in total. The van der Waals surface area contributed by atoms with Crippen molar-refractivity contribution in [2.24, 2.45) is 0 Å². The lowest BCUT2D eigenvalue weighted by atomic mass is 10.1. The molecule has 5 heteroatoms. The van der Waals surface area contributed by atoms with E-state index in [2.05, 4.69) is 15.3 Å². The standard InChI is InChI=1S/C15H20N4O/c1-11-10-16-15(18-14(11)19(2)3)17-13-6-4-12(5-7-13)8-9-20/h4-7,10,20H,8-9H2,1-3H3,(H,16,17,18). The third-order valence-corrected chi connectivity index (χ3v) is 2.98. The van der Waals surface area contributed by atoms with Crippen molar-refractivity contribution in [3.8, 4) is 0 Å². The fraction of sp³-hybridized carbons (Fsp3) is 0.333. The number of hydrogen-bond donors (Lipinski definition) is 2. The molecular weight excluding hydrogens is 252 g/mol. The van der Waals surface area contributed by atoms with Gasteiger partial charge in [-0.15, -0.1) is 0 Å². The van der Waals surface area contributed by atoms with Crippen LogP contribution in [-0.2, 0) is 6.42 Å². The first-order valence-corrected chi connectivity index (χ1v) is 6.58. The summed E-state index contributed by atoms with van der Waals surface area (Å²) >= 11 is 0. The van der Waals surface area contributed by atoms with Crippen LogP contribution in [0.4, 0.5) is 17.5 Å². The lowest BCUT2D eigenvalue weighted by Crippen LogP contribution is -2.13. The number of nitrogens with zero attached hydrogens (tertiary/aromatic N) is 3. The van der Waals surface area contributed by atoms with Crippen molar-refractivity contribution < 1.29 is 5.11 Å². The van der Waals surface area contributed by atoms with Crippen molar-refractivity contribution in [1.29, 1.82) is 0 Å². The van der Waals surface area contributed by atoms with Gasteiger partial charge in [-0.3, -0.25) is 0 Å². The van der Waals surface area contributed by atoms with Crippen LogP contribution in [0.1, 0.15) is 11.1 Å². The first-order valence-electron chi connectivity index (χ1n) is 6.58. The van der Waals surface area contributed by atoms with Crippen LogP contribution in [0.5, 0.6) is 0 Å². The van der Waals surface area contributed by atoms with E-state index >= 15 is 0 Å². The Morgan fingerprint density at radius 1 is 1.20 bits per heavy atom. The Hall–Kier alpha value is -2.14. The minimum absolute atomic E-state index is 0.167. The monoisotopic (exact) mass is 272 g/mol. The molecular formula is C15H20N4O. The second-order valence-corrected chi connectivity index (χ2v) is 4.89. The predicted octanol–water partition coefficient (Wildman–Crippen LogP) is 2.13. The molecule has 20 heavy (non-hydrogen) atoms. The molecule has 0 saturated carbocycles. The number of aromatic nitrogens is 2. The second kappa shape index (κ2) is 6.34. The average Bonchev–Trinajstić information content (AvgIpc) is 2.43. The molecule has 2 rings (SSSR count). The van der Waals surface area contributed by atoms with Gasteiger partial charge < -0.3 is 15.3 Å². The minimum Gasteiger partial charge on any atom is -0.396 e. The Morgan fingerprint density at radius 2 is 1.90 bits per heavy atom. The van der Waals surface area contributed by atoms with E-state index in [-0.39, 0.29) is 6.61 Å². The summed E-state index contributed by atoms with van der Waals surface area (Å²) in [7, 11) is 3.92. The minimum atomic E-state index is 0.167. The van der Waals surface area contributed by atoms with Crippen molar-refractivity contribution in [2.75, 3.05) is 30.9 Å². The van der Waals surface area contributed by atoms with Crippen molar-refractivity contribution in [1.82, 2.24) is 9.97 Å². The molecule has 1 heterocycles. The first-order chi connectivity index (χ1) is 9.60. The molecule has 0 radical (unpaired) electrons. The van der Waals surface area contributed by atoms with Gasteiger partial charge in [-0.1, -0.05) is 12.1 Å². The summed E-state index contributed by atoms with van der Waals surface area (Å²) in [4.78, 5) is 10.7. The molecule has 0 fully saturated rings. The lowest BCUT2D eigenvalue weighted by molar-refractivity contribution is 0.299. The third kappa shape index (κ3) is 3.45. The molecule has 0 atom stereocenters. The maximum Gasteiger partial charge on any atom is 0.229 e. The molecule has 2 aromatic rings. The molecule has 0 unspecified atom stereocenters. The summed E-state index contributed by atoms with van der Waals surface area (Å²) < 4.78 is 0. The number of nitrogens with one attached hydrogen (secondary N) is 1. The highest BCUT2D eigenvalue weighted by atomic mass is 16.2. The summed E-state index contributed by atoms with van der Waals surface area (Å²) in [6.07, 6.45) is 2.48. The quantitative estimate of drug-likeness (QED) is 0.873. The van der Waals surface area contributed by atoms with Crippen LogP contribution in [0.3, 0.4) is 0 Å². The van der Waals surface area contributed by atoms with Gasteiger partial charge >= 0.3 is 0 Å². The molecule has 1 aromatic heterocycles. The van der Waals surface area contributed by atoms with Gasteiger partial charge in [-0.25, -0.2) is 4.98 Å². The summed E-state index contributed by atoms with van der Waals surface area (Å²) in [6.45, 7) is 2.16. The predicted molar refractivity (Wildman–Crippen MR) is 81.6 cm³/mol. The van der Waals surface area contributed by atoms with E-state index < -0.39 is 0 Å². The van der Waals surface area contributed by atoms with Gasteiger partial charge in [0, 0.05) is 38.1 Å². The van der Waals surface area contributed by atoms with E-state index in [1.54, 1.807) is 0 Å². The topological polar surface area (TPSA) is 61.3 Å². The highest BCUT2D eigenvalue weighted by Crippen LogP contribution is 2.19. The van der Waals surface area contributed by atoms with Gasteiger partial charge in [-0.2, -0.15) is 4.98 Å². The Morgan fingerprint density at radius 3 is 2.50 bits per heavy atom. The van der Waals surface area contributed by atoms with Gasteiger partial charge in [-0.05, 0) is 31.0 Å². The van der Waals surface area contributed by atoms with Crippen LogP contribution >= 0.6 is 0 Å². The Balaban J connectivity index is 2.15. The highest BCUT2D eigenvalue weighted by molar-refractivity contribution is 5.56. The van der Waals surface area contributed by atoms with E-state index in [4.69, 9.17) is 5.11 Å². The number of aryl methyl sites for hydroxylation is 1. The van der Waals surface area contributed by atoms with E-state index in [9.17, 15) is 0 Å². The first kappa shape index (κ1) is 14.3. The lowest BCUT2D eigenvalue weighted by Gasteiger charge is -2.15. The summed E-state index contributed by atoms with van der Waals surface area (Å²) in [5.41, 5.74) is 3.08. The van der Waals surface area contributed by atoms with Crippen molar-refractivity contribution in [3.05, 3.63) is 41.6 Å². The van der Waals surface area contributed by atoms with E-state index in [0.717, 1.165) is 22.6 Å². The molecule has 0 aliphatic heterocycles. The molecule has 0 amide bonds. The zero-order chi connectivity index (χ0) is 14.5. The molecule has 2 N–H and O–H groups in total. The van der Waals surface area contributed by atoms with Gasteiger partial charge in [0.05, 0.1) is 0 Å².